The van der Waals surface area contributed by atoms with Crippen molar-refractivity contribution in [1.82, 2.24) is 5.32 Å². The van der Waals surface area contributed by atoms with Gasteiger partial charge >= 0.3 is 0 Å². The maximum atomic E-state index is 5.95. The highest BCUT2D eigenvalue weighted by Gasteiger charge is 2.24. The Bertz CT molecular complexity index is 443. The highest BCUT2D eigenvalue weighted by Crippen LogP contribution is 2.33. The molecule has 1 saturated heterocycles. The molecule has 2 unspecified atom stereocenters. The summed E-state index contributed by atoms with van der Waals surface area (Å²) in [6, 6.07) is 9.42. The number of nitrogens with zero attached hydrogens (tertiary/aromatic N) is 1. The maximum absolute atomic E-state index is 5.95. The first-order chi connectivity index (χ1) is 10.4. The zero-order valence-electron chi connectivity index (χ0n) is 13.2. The lowest BCUT2D eigenvalue weighted by molar-refractivity contribution is 0.0210. The summed E-state index contributed by atoms with van der Waals surface area (Å²) in [7, 11) is 0. The lowest BCUT2D eigenvalue weighted by atomic mass is 10.0. The van der Waals surface area contributed by atoms with Gasteiger partial charge in [-0.3, -0.25) is 0 Å². The van der Waals surface area contributed by atoms with Gasteiger partial charge < -0.3 is 15.0 Å². The summed E-state index contributed by atoms with van der Waals surface area (Å²) < 4.78 is 5.95. The molecule has 3 heteroatoms. The number of para-hydroxylation sites is 1. The molecule has 0 aromatic heterocycles. The van der Waals surface area contributed by atoms with E-state index in [4.69, 9.17) is 4.74 Å². The van der Waals surface area contributed by atoms with E-state index < -0.39 is 0 Å². The Hall–Kier alpha value is -1.06. The van der Waals surface area contributed by atoms with Crippen molar-refractivity contribution < 1.29 is 4.74 Å². The van der Waals surface area contributed by atoms with Crippen LogP contribution in [0.5, 0.6) is 0 Å². The van der Waals surface area contributed by atoms with Gasteiger partial charge in [0.1, 0.15) is 0 Å². The molecular weight excluding hydrogens is 260 g/mol. The minimum atomic E-state index is 0.419. The van der Waals surface area contributed by atoms with E-state index in [1.54, 1.807) is 0 Å². The number of anilines is 1. The molecule has 0 radical (unpaired) electrons. The molecule has 1 N–H and O–H groups in total. The predicted octanol–water partition coefficient (Wildman–Crippen LogP) is 3.51. The third-order valence-electron chi connectivity index (χ3n) is 4.72. The van der Waals surface area contributed by atoms with Crippen LogP contribution < -0.4 is 10.2 Å². The van der Waals surface area contributed by atoms with E-state index >= 15 is 0 Å². The van der Waals surface area contributed by atoms with Gasteiger partial charge in [0, 0.05) is 31.4 Å². The average Bonchev–Trinajstić information content (AvgIpc) is 2.70. The summed E-state index contributed by atoms with van der Waals surface area (Å²) in [6.07, 6.45) is 6.67. The number of hydrogen-bond donors (Lipinski definition) is 1. The molecule has 2 heterocycles. The largest absolute Gasteiger partial charge is 0.376 e. The van der Waals surface area contributed by atoms with Gasteiger partial charge in [0.15, 0.2) is 0 Å². The number of hydrogen-bond acceptors (Lipinski definition) is 3. The van der Waals surface area contributed by atoms with Crippen LogP contribution in [0.1, 0.15) is 50.6 Å². The van der Waals surface area contributed by atoms with Crippen LogP contribution in [-0.2, 0) is 4.74 Å². The Labute approximate surface area is 128 Å². The van der Waals surface area contributed by atoms with Crippen LogP contribution in [0.2, 0.25) is 0 Å². The maximum Gasteiger partial charge on any atom is 0.0749 e. The van der Waals surface area contributed by atoms with Crippen LogP contribution in [0, 0.1) is 0 Å². The quantitative estimate of drug-likeness (QED) is 0.917. The van der Waals surface area contributed by atoms with Gasteiger partial charge in [-0.15, -0.1) is 0 Å². The SMILES string of the molecule is CCNC1CCCN(CC2CCCCO2)c2ccccc21. The molecule has 0 bridgehead atoms. The molecule has 3 nitrogen and oxygen atoms in total. The zero-order valence-corrected chi connectivity index (χ0v) is 13.2. The van der Waals surface area contributed by atoms with Crippen LogP contribution in [0.3, 0.4) is 0 Å². The molecule has 2 atom stereocenters. The molecule has 1 fully saturated rings. The van der Waals surface area contributed by atoms with E-state index in [1.165, 1.54) is 43.4 Å². The predicted molar refractivity (Wildman–Crippen MR) is 87.9 cm³/mol. The normalized spacial score (nSPS) is 26.2. The van der Waals surface area contributed by atoms with Crippen molar-refractivity contribution in [2.45, 2.75) is 51.2 Å². The molecule has 3 rings (SSSR count). The lowest BCUT2D eigenvalue weighted by Gasteiger charge is -2.32. The molecular formula is C18H28N2O. The standard InChI is InChI=1S/C18H28N2O/c1-2-19-17-10-7-12-20(14-15-8-5-6-13-21-15)18-11-4-3-9-16(17)18/h3-4,9,11,15,17,19H,2,5-8,10,12-14H2,1H3. The van der Waals surface area contributed by atoms with Gasteiger partial charge in [-0.05, 0) is 50.3 Å². The first kappa shape index (κ1) is 14.9. The summed E-state index contributed by atoms with van der Waals surface area (Å²) in [4.78, 5) is 2.56. The van der Waals surface area contributed by atoms with E-state index in [0.717, 1.165) is 26.2 Å². The fourth-order valence-corrected chi connectivity index (χ4v) is 3.68. The molecule has 116 valence electrons. The topological polar surface area (TPSA) is 24.5 Å². The monoisotopic (exact) mass is 288 g/mol. The van der Waals surface area contributed by atoms with Crippen LogP contribution in [0.25, 0.3) is 0 Å². The number of fused-ring (bicyclic) bond motifs is 1. The van der Waals surface area contributed by atoms with Crippen molar-refractivity contribution in [2.75, 3.05) is 31.1 Å². The second kappa shape index (κ2) is 7.28. The number of ether oxygens (including phenoxy) is 1. The van der Waals surface area contributed by atoms with Crippen molar-refractivity contribution >= 4 is 5.69 Å². The number of rotatable bonds is 4. The van der Waals surface area contributed by atoms with Gasteiger partial charge in [-0.25, -0.2) is 0 Å². The zero-order chi connectivity index (χ0) is 14.5. The number of benzene rings is 1. The molecule has 0 saturated carbocycles. The van der Waals surface area contributed by atoms with Crippen molar-refractivity contribution in [1.29, 1.82) is 0 Å². The fourth-order valence-electron chi connectivity index (χ4n) is 3.68. The van der Waals surface area contributed by atoms with Crippen LogP contribution >= 0.6 is 0 Å². The number of nitrogens with one attached hydrogen (secondary N) is 1. The first-order valence-electron chi connectivity index (χ1n) is 8.57. The minimum Gasteiger partial charge on any atom is -0.376 e. The lowest BCUT2D eigenvalue weighted by Crippen LogP contribution is -2.36. The Morgan fingerprint density at radius 1 is 1.19 bits per heavy atom. The molecule has 0 aliphatic carbocycles. The van der Waals surface area contributed by atoms with Gasteiger partial charge in [0.2, 0.25) is 0 Å². The van der Waals surface area contributed by atoms with Crippen molar-refractivity contribution in [3.05, 3.63) is 29.8 Å². The van der Waals surface area contributed by atoms with Gasteiger partial charge in [-0.1, -0.05) is 25.1 Å². The van der Waals surface area contributed by atoms with E-state index in [-0.39, 0.29) is 0 Å². The van der Waals surface area contributed by atoms with Crippen molar-refractivity contribution in [2.24, 2.45) is 0 Å². The second-order valence-corrected chi connectivity index (χ2v) is 6.25. The molecule has 1 aromatic rings. The van der Waals surface area contributed by atoms with Crippen molar-refractivity contribution in [3.8, 4) is 0 Å². The Morgan fingerprint density at radius 2 is 2.10 bits per heavy atom. The summed E-state index contributed by atoms with van der Waals surface area (Å²) in [5, 5.41) is 3.65. The van der Waals surface area contributed by atoms with Crippen LogP contribution in [0.4, 0.5) is 5.69 Å². The van der Waals surface area contributed by atoms with Gasteiger partial charge in [-0.2, -0.15) is 0 Å². The molecule has 1 aromatic carbocycles. The second-order valence-electron chi connectivity index (χ2n) is 6.25. The summed E-state index contributed by atoms with van der Waals surface area (Å²) in [5.41, 5.74) is 2.88. The highest BCUT2D eigenvalue weighted by atomic mass is 16.5. The summed E-state index contributed by atoms with van der Waals surface area (Å²) in [6.45, 7) is 6.38. The Balaban J connectivity index is 1.78. The van der Waals surface area contributed by atoms with E-state index in [1.807, 2.05) is 0 Å². The van der Waals surface area contributed by atoms with E-state index in [0.29, 0.717) is 12.1 Å². The Morgan fingerprint density at radius 3 is 2.90 bits per heavy atom. The smallest absolute Gasteiger partial charge is 0.0749 e. The molecule has 2 aliphatic rings. The fraction of sp³-hybridized carbons (Fsp3) is 0.667. The highest BCUT2D eigenvalue weighted by molar-refractivity contribution is 5.56. The average molecular weight is 288 g/mol. The van der Waals surface area contributed by atoms with Crippen LogP contribution in [-0.4, -0.2) is 32.3 Å². The third kappa shape index (κ3) is 3.58. The van der Waals surface area contributed by atoms with Crippen molar-refractivity contribution in [3.63, 3.8) is 0 Å². The minimum absolute atomic E-state index is 0.419. The Kier molecular flexibility index (Phi) is 5.15. The van der Waals surface area contributed by atoms with E-state index in [2.05, 4.69) is 41.4 Å². The van der Waals surface area contributed by atoms with Gasteiger partial charge in [0.05, 0.1) is 6.10 Å². The molecule has 0 spiro atoms. The third-order valence-corrected chi connectivity index (χ3v) is 4.72. The van der Waals surface area contributed by atoms with Crippen LogP contribution in [0.15, 0.2) is 24.3 Å². The molecule has 0 amide bonds. The van der Waals surface area contributed by atoms with E-state index in [9.17, 15) is 0 Å². The first-order valence-corrected chi connectivity index (χ1v) is 8.57. The molecule has 21 heavy (non-hydrogen) atoms. The summed E-state index contributed by atoms with van der Waals surface area (Å²) >= 11 is 0. The van der Waals surface area contributed by atoms with Gasteiger partial charge in [0.25, 0.3) is 0 Å². The molecule has 2 aliphatic heterocycles. The summed E-state index contributed by atoms with van der Waals surface area (Å²) in [5.74, 6) is 0.